The van der Waals surface area contributed by atoms with Gasteiger partial charge in [-0.1, -0.05) is 12.1 Å². The predicted molar refractivity (Wildman–Crippen MR) is 126 cm³/mol. The molecule has 1 saturated heterocycles. The molecule has 1 amide bonds. The van der Waals surface area contributed by atoms with E-state index in [1.165, 1.54) is 11.1 Å². The van der Waals surface area contributed by atoms with Gasteiger partial charge < -0.3 is 19.9 Å². The van der Waals surface area contributed by atoms with Gasteiger partial charge in [-0.15, -0.1) is 0 Å². The van der Waals surface area contributed by atoms with Crippen LogP contribution in [0.15, 0.2) is 24.3 Å². The van der Waals surface area contributed by atoms with Crippen molar-refractivity contribution < 1.29 is 9.53 Å². The minimum Gasteiger partial charge on any atom is -0.497 e. The number of amides is 1. The Morgan fingerprint density at radius 3 is 2.75 bits per heavy atom. The summed E-state index contributed by atoms with van der Waals surface area (Å²) in [6.07, 6.45) is 6.07. The van der Waals surface area contributed by atoms with E-state index in [0.29, 0.717) is 0 Å². The van der Waals surface area contributed by atoms with Crippen LogP contribution >= 0.6 is 0 Å². The summed E-state index contributed by atoms with van der Waals surface area (Å²) in [5.74, 6) is 2.76. The average molecular weight is 438 g/mol. The van der Waals surface area contributed by atoms with Gasteiger partial charge in [0.2, 0.25) is 5.91 Å². The van der Waals surface area contributed by atoms with Crippen molar-refractivity contribution in [2.75, 3.05) is 39.1 Å². The smallest absolute Gasteiger partial charge is 0.220 e. The lowest BCUT2D eigenvalue weighted by atomic mass is 10.00. The molecule has 0 bridgehead atoms. The monoisotopic (exact) mass is 437 g/mol. The number of carbonyl (C=O) groups excluding carboxylic acids is 1. The molecule has 1 aromatic heterocycles. The number of aromatic nitrogens is 2. The van der Waals surface area contributed by atoms with Crippen molar-refractivity contribution in [3.8, 4) is 5.75 Å². The highest BCUT2D eigenvalue weighted by Gasteiger charge is 2.30. The Morgan fingerprint density at radius 1 is 1.19 bits per heavy atom. The number of benzene rings is 1. The van der Waals surface area contributed by atoms with E-state index in [1.807, 2.05) is 17.0 Å². The quantitative estimate of drug-likeness (QED) is 0.668. The predicted octanol–water partition coefficient (Wildman–Crippen LogP) is 3.59. The lowest BCUT2D eigenvalue weighted by Crippen LogP contribution is -2.38. The molecule has 2 aliphatic heterocycles. The molecular weight excluding hydrogens is 402 g/mol. The number of nitrogens with zero attached hydrogens (tertiary/aromatic N) is 4. The number of nitrogens with one attached hydrogen (secondary N) is 1. The van der Waals surface area contributed by atoms with Crippen LogP contribution in [0.5, 0.6) is 5.75 Å². The Labute approximate surface area is 191 Å². The van der Waals surface area contributed by atoms with Gasteiger partial charge in [0, 0.05) is 38.7 Å². The number of hydrogen-bond donors (Lipinski definition) is 1. The molecule has 0 saturated carbocycles. The Hall–Kier alpha value is -2.67. The SMILES string of the molecule is COc1ccc(CCCNc2nc([C@H]3CCCCN3C(C)=O)nc3c2CCN(C)C3)cc1. The number of hydrogen-bond acceptors (Lipinski definition) is 6. The minimum absolute atomic E-state index is 0.0152. The van der Waals surface area contributed by atoms with Crippen molar-refractivity contribution >= 4 is 11.7 Å². The number of rotatable bonds is 7. The molecule has 0 unspecified atom stereocenters. The maximum absolute atomic E-state index is 12.2. The maximum atomic E-state index is 12.2. The highest BCUT2D eigenvalue weighted by atomic mass is 16.5. The van der Waals surface area contributed by atoms with E-state index in [2.05, 4.69) is 29.4 Å². The van der Waals surface area contributed by atoms with Crippen LogP contribution in [0.1, 0.15) is 61.3 Å². The molecule has 2 aliphatic rings. The number of carbonyl (C=O) groups is 1. The van der Waals surface area contributed by atoms with Crippen molar-refractivity contribution in [3.05, 3.63) is 46.9 Å². The first-order chi connectivity index (χ1) is 15.5. The number of fused-ring (bicyclic) bond motifs is 1. The van der Waals surface area contributed by atoms with E-state index >= 15 is 0 Å². The lowest BCUT2D eigenvalue weighted by Gasteiger charge is -2.35. The van der Waals surface area contributed by atoms with Crippen LogP contribution in [-0.2, 0) is 24.2 Å². The van der Waals surface area contributed by atoms with E-state index in [4.69, 9.17) is 14.7 Å². The van der Waals surface area contributed by atoms with E-state index in [0.717, 1.165) is 87.8 Å². The van der Waals surface area contributed by atoms with Crippen LogP contribution in [0.25, 0.3) is 0 Å². The van der Waals surface area contributed by atoms with Crippen molar-refractivity contribution in [3.63, 3.8) is 0 Å². The summed E-state index contributed by atoms with van der Waals surface area (Å²) in [7, 11) is 3.82. The largest absolute Gasteiger partial charge is 0.497 e. The van der Waals surface area contributed by atoms with Gasteiger partial charge >= 0.3 is 0 Å². The molecule has 1 aromatic carbocycles. The van der Waals surface area contributed by atoms with Crippen LogP contribution < -0.4 is 10.1 Å². The summed E-state index contributed by atoms with van der Waals surface area (Å²) < 4.78 is 5.24. The molecule has 3 heterocycles. The zero-order chi connectivity index (χ0) is 22.5. The topological polar surface area (TPSA) is 70.6 Å². The second kappa shape index (κ2) is 10.3. The molecule has 1 N–H and O–H groups in total. The summed E-state index contributed by atoms with van der Waals surface area (Å²) in [6.45, 7) is 5.15. The highest BCUT2D eigenvalue weighted by molar-refractivity contribution is 5.73. The molecule has 0 spiro atoms. The Balaban J connectivity index is 1.49. The third-order valence-electron chi connectivity index (χ3n) is 6.57. The molecule has 7 heteroatoms. The Morgan fingerprint density at radius 2 is 2.00 bits per heavy atom. The average Bonchev–Trinajstić information content (AvgIpc) is 2.81. The number of likely N-dealkylation sites (tertiary alicyclic amines) is 1. The van der Waals surface area contributed by atoms with E-state index in [1.54, 1.807) is 14.0 Å². The first kappa shape index (κ1) is 22.5. The molecule has 2 aromatic rings. The van der Waals surface area contributed by atoms with Gasteiger partial charge in [0.15, 0.2) is 5.82 Å². The molecule has 1 atom stereocenters. The van der Waals surface area contributed by atoms with Crippen LogP contribution in [0.3, 0.4) is 0 Å². The lowest BCUT2D eigenvalue weighted by molar-refractivity contribution is -0.132. The number of anilines is 1. The van der Waals surface area contributed by atoms with Crippen LogP contribution in [0.4, 0.5) is 5.82 Å². The van der Waals surface area contributed by atoms with E-state index in [-0.39, 0.29) is 11.9 Å². The zero-order valence-electron chi connectivity index (χ0n) is 19.6. The second-order valence-corrected chi connectivity index (χ2v) is 8.95. The highest BCUT2D eigenvalue weighted by Crippen LogP contribution is 2.32. The summed E-state index contributed by atoms with van der Waals surface area (Å²) in [4.78, 5) is 26.4. The first-order valence-corrected chi connectivity index (χ1v) is 11.8. The standard InChI is InChI=1S/C25H35N5O2/c1-18(31)30-15-5-4-8-23(30)25-27-22-17-29(2)16-13-21(22)24(28-25)26-14-6-7-19-9-11-20(32-3)12-10-19/h9-12,23H,4-8,13-17H2,1-3H3,(H,26,27,28)/t23-/m1/s1. The normalized spacial score (nSPS) is 18.8. The van der Waals surface area contributed by atoms with Crippen LogP contribution in [0, 0.1) is 0 Å². The molecule has 4 rings (SSSR count). The van der Waals surface area contributed by atoms with Gasteiger partial charge in [0.1, 0.15) is 11.6 Å². The molecule has 7 nitrogen and oxygen atoms in total. The minimum atomic E-state index is -0.0152. The summed E-state index contributed by atoms with van der Waals surface area (Å²) in [6, 6.07) is 8.25. The van der Waals surface area contributed by atoms with Crippen molar-refractivity contribution in [1.82, 2.24) is 19.8 Å². The van der Waals surface area contributed by atoms with Gasteiger partial charge in [0.25, 0.3) is 0 Å². The number of piperidine rings is 1. The summed E-state index contributed by atoms with van der Waals surface area (Å²) in [5, 5.41) is 3.61. The van der Waals surface area contributed by atoms with Crippen molar-refractivity contribution in [2.45, 2.75) is 58.0 Å². The molecule has 172 valence electrons. The third kappa shape index (κ3) is 5.21. The molecule has 32 heavy (non-hydrogen) atoms. The van der Waals surface area contributed by atoms with E-state index in [9.17, 15) is 4.79 Å². The Kier molecular flexibility index (Phi) is 7.25. The fourth-order valence-electron chi connectivity index (χ4n) is 4.74. The summed E-state index contributed by atoms with van der Waals surface area (Å²) in [5.41, 5.74) is 3.65. The Bertz CT molecular complexity index is 931. The second-order valence-electron chi connectivity index (χ2n) is 8.95. The van der Waals surface area contributed by atoms with E-state index < -0.39 is 0 Å². The first-order valence-electron chi connectivity index (χ1n) is 11.8. The molecule has 0 aliphatic carbocycles. The van der Waals surface area contributed by atoms with Crippen molar-refractivity contribution in [1.29, 1.82) is 0 Å². The summed E-state index contributed by atoms with van der Waals surface area (Å²) >= 11 is 0. The van der Waals surface area contributed by atoms with Crippen LogP contribution in [0.2, 0.25) is 0 Å². The number of likely N-dealkylation sites (N-methyl/N-ethyl adjacent to an activating group) is 1. The zero-order valence-corrected chi connectivity index (χ0v) is 19.6. The number of ether oxygens (including phenoxy) is 1. The van der Waals surface area contributed by atoms with Gasteiger partial charge in [0.05, 0.1) is 18.8 Å². The fraction of sp³-hybridized carbons (Fsp3) is 0.560. The number of methoxy groups -OCH3 is 1. The van der Waals surface area contributed by atoms with Gasteiger partial charge in [-0.3, -0.25) is 4.79 Å². The fourth-order valence-corrected chi connectivity index (χ4v) is 4.74. The van der Waals surface area contributed by atoms with Gasteiger partial charge in [-0.2, -0.15) is 0 Å². The van der Waals surface area contributed by atoms with Crippen LogP contribution in [-0.4, -0.2) is 59.5 Å². The molecule has 0 radical (unpaired) electrons. The number of aryl methyl sites for hydroxylation is 1. The van der Waals surface area contributed by atoms with Gasteiger partial charge in [-0.25, -0.2) is 9.97 Å². The van der Waals surface area contributed by atoms with Gasteiger partial charge in [-0.05, 0) is 63.3 Å². The molecule has 1 fully saturated rings. The van der Waals surface area contributed by atoms with Crippen molar-refractivity contribution in [2.24, 2.45) is 0 Å². The third-order valence-corrected chi connectivity index (χ3v) is 6.57. The molecular formula is C25H35N5O2. The maximum Gasteiger partial charge on any atom is 0.220 e.